The molecule has 23 heavy (non-hydrogen) atoms. The highest BCUT2D eigenvalue weighted by Gasteiger charge is 2.17. The van der Waals surface area contributed by atoms with Gasteiger partial charge in [0.15, 0.2) is 0 Å². The molecule has 0 aliphatic heterocycles. The standard InChI is InChI=1S/C17H18N4O2/c1-22-15-8-4-2-6-12(15)14-10-21(20-19-14)11-17-18-13-7-3-5-9-16(13)23-17/h2,4,6,8,10H,3,5,7,9,11H2,1H3. The minimum atomic E-state index is 0.495. The van der Waals surface area contributed by atoms with Gasteiger partial charge in [-0.1, -0.05) is 17.3 Å². The number of nitrogens with zero attached hydrogens (tertiary/aromatic N) is 4. The second-order valence-corrected chi connectivity index (χ2v) is 5.69. The van der Waals surface area contributed by atoms with Gasteiger partial charge in [0.1, 0.15) is 23.7 Å². The van der Waals surface area contributed by atoms with E-state index in [0.717, 1.165) is 41.3 Å². The fraction of sp³-hybridized carbons (Fsp3) is 0.353. The molecule has 0 spiro atoms. The first kappa shape index (κ1) is 14.0. The fourth-order valence-electron chi connectivity index (χ4n) is 2.97. The van der Waals surface area contributed by atoms with Gasteiger partial charge in [-0.15, -0.1) is 5.10 Å². The van der Waals surface area contributed by atoms with Gasteiger partial charge in [-0.25, -0.2) is 9.67 Å². The van der Waals surface area contributed by atoms with Gasteiger partial charge < -0.3 is 9.15 Å². The molecule has 0 saturated heterocycles. The summed E-state index contributed by atoms with van der Waals surface area (Å²) in [5.74, 6) is 2.52. The van der Waals surface area contributed by atoms with E-state index in [9.17, 15) is 0 Å². The number of hydrogen-bond donors (Lipinski definition) is 0. The van der Waals surface area contributed by atoms with E-state index in [-0.39, 0.29) is 0 Å². The first-order chi connectivity index (χ1) is 11.3. The Morgan fingerprint density at radius 2 is 2.09 bits per heavy atom. The number of para-hydroxylation sites is 1. The molecule has 0 unspecified atom stereocenters. The van der Waals surface area contributed by atoms with E-state index in [0.29, 0.717) is 12.4 Å². The highest BCUT2D eigenvalue weighted by atomic mass is 16.5. The Balaban J connectivity index is 1.57. The molecular formula is C17H18N4O2. The monoisotopic (exact) mass is 310 g/mol. The van der Waals surface area contributed by atoms with Crippen molar-refractivity contribution in [1.29, 1.82) is 0 Å². The van der Waals surface area contributed by atoms with Crippen molar-refractivity contribution in [1.82, 2.24) is 20.0 Å². The summed E-state index contributed by atoms with van der Waals surface area (Å²) in [4.78, 5) is 4.58. The number of benzene rings is 1. The number of methoxy groups -OCH3 is 1. The van der Waals surface area contributed by atoms with Crippen molar-refractivity contribution in [2.24, 2.45) is 0 Å². The molecule has 0 saturated carbocycles. The molecule has 1 aromatic carbocycles. The molecule has 2 aromatic heterocycles. The summed E-state index contributed by atoms with van der Waals surface area (Å²) in [5, 5.41) is 8.42. The summed E-state index contributed by atoms with van der Waals surface area (Å²) in [6, 6.07) is 7.77. The largest absolute Gasteiger partial charge is 0.496 e. The second kappa shape index (κ2) is 5.87. The van der Waals surface area contributed by atoms with Crippen molar-refractivity contribution in [3.8, 4) is 17.0 Å². The van der Waals surface area contributed by atoms with Crippen LogP contribution in [0.15, 0.2) is 34.9 Å². The van der Waals surface area contributed by atoms with Crippen molar-refractivity contribution in [2.45, 2.75) is 32.2 Å². The lowest BCUT2D eigenvalue weighted by atomic mass is 10.0. The Bertz CT molecular complexity index is 798. The van der Waals surface area contributed by atoms with Crippen LogP contribution in [0.2, 0.25) is 0 Å². The van der Waals surface area contributed by atoms with E-state index in [1.807, 2.05) is 30.5 Å². The summed E-state index contributed by atoms with van der Waals surface area (Å²) in [6.07, 6.45) is 6.28. The van der Waals surface area contributed by atoms with Gasteiger partial charge in [-0.05, 0) is 31.4 Å². The van der Waals surface area contributed by atoms with Gasteiger partial charge in [0.2, 0.25) is 5.89 Å². The molecule has 1 aliphatic rings. The summed E-state index contributed by atoms with van der Waals surface area (Å²) >= 11 is 0. The van der Waals surface area contributed by atoms with Crippen LogP contribution in [-0.4, -0.2) is 27.1 Å². The lowest BCUT2D eigenvalue weighted by Crippen LogP contribution is -2.01. The van der Waals surface area contributed by atoms with Crippen molar-refractivity contribution < 1.29 is 9.15 Å². The minimum absolute atomic E-state index is 0.495. The van der Waals surface area contributed by atoms with Gasteiger partial charge >= 0.3 is 0 Å². The Morgan fingerprint density at radius 3 is 2.96 bits per heavy atom. The molecule has 1 aliphatic carbocycles. The maximum atomic E-state index is 5.85. The van der Waals surface area contributed by atoms with E-state index in [1.165, 1.54) is 12.8 Å². The number of rotatable bonds is 4. The average molecular weight is 310 g/mol. The molecule has 118 valence electrons. The number of aryl methyl sites for hydroxylation is 2. The number of aromatic nitrogens is 4. The molecule has 0 fully saturated rings. The first-order valence-electron chi connectivity index (χ1n) is 7.84. The molecule has 2 heterocycles. The fourth-order valence-corrected chi connectivity index (χ4v) is 2.97. The molecule has 0 amide bonds. The number of fused-ring (bicyclic) bond motifs is 1. The smallest absolute Gasteiger partial charge is 0.216 e. The second-order valence-electron chi connectivity index (χ2n) is 5.69. The zero-order valence-electron chi connectivity index (χ0n) is 13.0. The first-order valence-corrected chi connectivity index (χ1v) is 7.84. The van der Waals surface area contributed by atoms with Crippen molar-refractivity contribution >= 4 is 0 Å². The molecule has 0 N–H and O–H groups in total. The van der Waals surface area contributed by atoms with E-state index >= 15 is 0 Å². The van der Waals surface area contributed by atoms with Crippen molar-refractivity contribution in [3.05, 3.63) is 47.8 Å². The summed E-state index contributed by atoms with van der Waals surface area (Å²) in [6.45, 7) is 0.495. The lowest BCUT2D eigenvalue weighted by Gasteiger charge is -2.05. The maximum Gasteiger partial charge on any atom is 0.216 e. The Labute approximate surface area is 134 Å². The topological polar surface area (TPSA) is 66.0 Å². The molecular weight excluding hydrogens is 292 g/mol. The normalized spacial score (nSPS) is 13.8. The Hall–Kier alpha value is -2.63. The number of oxazole rings is 1. The van der Waals surface area contributed by atoms with Crippen LogP contribution in [0, 0.1) is 0 Å². The molecule has 3 aromatic rings. The SMILES string of the molecule is COc1ccccc1-c1cn(Cc2nc3c(o2)CCCC3)nn1. The number of ether oxygens (including phenoxy) is 1. The third-order valence-corrected chi connectivity index (χ3v) is 4.11. The van der Waals surface area contributed by atoms with Crippen LogP contribution in [-0.2, 0) is 19.4 Å². The Morgan fingerprint density at radius 1 is 1.22 bits per heavy atom. The van der Waals surface area contributed by atoms with Crippen LogP contribution in [0.5, 0.6) is 5.75 Å². The molecule has 6 heteroatoms. The van der Waals surface area contributed by atoms with E-state index < -0.39 is 0 Å². The quantitative estimate of drug-likeness (QED) is 0.741. The molecule has 0 atom stereocenters. The van der Waals surface area contributed by atoms with E-state index in [4.69, 9.17) is 9.15 Å². The minimum Gasteiger partial charge on any atom is -0.496 e. The van der Waals surface area contributed by atoms with Gasteiger partial charge in [0, 0.05) is 12.0 Å². The number of hydrogen-bond acceptors (Lipinski definition) is 5. The van der Waals surface area contributed by atoms with Crippen LogP contribution in [0.4, 0.5) is 0 Å². The lowest BCUT2D eigenvalue weighted by molar-refractivity contribution is 0.416. The van der Waals surface area contributed by atoms with Gasteiger partial charge in [-0.2, -0.15) is 0 Å². The van der Waals surface area contributed by atoms with Gasteiger partial charge in [0.05, 0.1) is 19.0 Å². The highest BCUT2D eigenvalue weighted by molar-refractivity contribution is 5.65. The molecule has 6 nitrogen and oxygen atoms in total. The molecule has 4 rings (SSSR count). The van der Waals surface area contributed by atoms with Crippen molar-refractivity contribution in [2.75, 3.05) is 7.11 Å². The third-order valence-electron chi connectivity index (χ3n) is 4.11. The predicted octanol–water partition coefficient (Wildman–Crippen LogP) is 2.87. The zero-order valence-corrected chi connectivity index (χ0v) is 13.0. The third kappa shape index (κ3) is 2.72. The van der Waals surface area contributed by atoms with E-state index in [1.54, 1.807) is 11.8 Å². The maximum absolute atomic E-state index is 5.85. The van der Waals surface area contributed by atoms with Crippen LogP contribution >= 0.6 is 0 Å². The Kier molecular flexibility index (Phi) is 3.57. The predicted molar refractivity (Wildman–Crippen MR) is 84.3 cm³/mol. The average Bonchev–Trinajstić information content (AvgIpc) is 3.21. The zero-order chi connectivity index (χ0) is 15.6. The van der Waals surface area contributed by atoms with Gasteiger partial charge in [0.25, 0.3) is 0 Å². The van der Waals surface area contributed by atoms with Crippen LogP contribution < -0.4 is 4.74 Å². The molecule has 0 radical (unpaired) electrons. The van der Waals surface area contributed by atoms with Gasteiger partial charge in [-0.3, -0.25) is 0 Å². The van der Waals surface area contributed by atoms with Crippen molar-refractivity contribution in [3.63, 3.8) is 0 Å². The summed E-state index contributed by atoms with van der Waals surface area (Å²) in [5.41, 5.74) is 2.81. The van der Waals surface area contributed by atoms with Crippen LogP contribution in [0.1, 0.15) is 30.2 Å². The summed E-state index contributed by atoms with van der Waals surface area (Å²) in [7, 11) is 1.65. The highest BCUT2D eigenvalue weighted by Crippen LogP contribution is 2.27. The summed E-state index contributed by atoms with van der Waals surface area (Å²) < 4.78 is 13.0. The van der Waals surface area contributed by atoms with Crippen LogP contribution in [0.25, 0.3) is 11.3 Å². The van der Waals surface area contributed by atoms with Crippen LogP contribution in [0.3, 0.4) is 0 Å². The molecule has 0 bridgehead atoms. The van der Waals surface area contributed by atoms with E-state index in [2.05, 4.69) is 15.3 Å².